The zero-order valence-electron chi connectivity index (χ0n) is 8.61. The third-order valence-corrected chi connectivity index (χ3v) is 3.80. The van der Waals surface area contributed by atoms with Crippen molar-refractivity contribution in [2.24, 2.45) is 0 Å². The van der Waals surface area contributed by atoms with Crippen molar-refractivity contribution in [2.75, 3.05) is 13.1 Å². The second-order valence-electron chi connectivity index (χ2n) is 3.93. The van der Waals surface area contributed by atoms with Crippen molar-refractivity contribution >= 4 is 11.3 Å². The SMILES string of the molecule is Fc1ccc(-c2csc(C3CNC3)n2)cc1. The molecule has 1 aromatic carbocycles. The van der Waals surface area contributed by atoms with Crippen molar-refractivity contribution in [2.45, 2.75) is 5.92 Å². The molecule has 0 radical (unpaired) electrons. The minimum atomic E-state index is -0.206. The Morgan fingerprint density at radius 2 is 2.00 bits per heavy atom. The van der Waals surface area contributed by atoms with Crippen LogP contribution in [0.5, 0.6) is 0 Å². The molecule has 1 aliphatic heterocycles. The lowest BCUT2D eigenvalue weighted by Crippen LogP contribution is -2.39. The zero-order chi connectivity index (χ0) is 11.0. The van der Waals surface area contributed by atoms with E-state index >= 15 is 0 Å². The lowest BCUT2D eigenvalue weighted by molar-refractivity contribution is 0.447. The van der Waals surface area contributed by atoms with Crippen LogP contribution < -0.4 is 5.32 Å². The molecule has 2 nitrogen and oxygen atoms in total. The summed E-state index contributed by atoms with van der Waals surface area (Å²) in [4.78, 5) is 4.59. The first-order valence-electron chi connectivity index (χ1n) is 5.25. The van der Waals surface area contributed by atoms with Gasteiger partial charge in [-0.3, -0.25) is 0 Å². The van der Waals surface area contributed by atoms with Crippen LogP contribution in [0, 0.1) is 5.82 Å². The quantitative estimate of drug-likeness (QED) is 0.864. The maximum Gasteiger partial charge on any atom is 0.123 e. The summed E-state index contributed by atoms with van der Waals surface area (Å²) in [7, 11) is 0. The molecule has 16 heavy (non-hydrogen) atoms. The van der Waals surface area contributed by atoms with E-state index in [9.17, 15) is 4.39 Å². The van der Waals surface area contributed by atoms with Crippen LogP contribution in [0.15, 0.2) is 29.6 Å². The number of thiazole rings is 1. The third kappa shape index (κ3) is 1.74. The summed E-state index contributed by atoms with van der Waals surface area (Å²) in [5.41, 5.74) is 1.93. The smallest absolute Gasteiger partial charge is 0.123 e. The van der Waals surface area contributed by atoms with E-state index in [-0.39, 0.29) is 5.82 Å². The van der Waals surface area contributed by atoms with Crippen molar-refractivity contribution < 1.29 is 4.39 Å². The van der Waals surface area contributed by atoms with Gasteiger partial charge in [-0.05, 0) is 24.3 Å². The molecular formula is C12H11FN2S. The number of benzene rings is 1. The van der Waals surface area contributed by atoms with Crippen LogP contribution in [-0.4, -0.2) is 18.1 Å². The van der Waals surface area contributed by atoms with E-state index < -0.39 is 0 Å². The van der Waals surface area contributed by atoms with Gasteiger partial charge >= 0.3 is 0 Å². The summed E-state index contributed by atoms with van der Waals surface area (Å²) >= 11 is 1.69. The van der Waals surface area contributed by atoms with E-state index in [2.05, 4.69) is 10.3 Å². The van der Waals surface area contributed by atoms with Crippen LogP contribution in [0.3, 0.4) is 0 Å². The lowest BCUT2D eigenvalue weighted by atomic mass is 10.1. The highest BCUT2D eigenvalue weighted by Gasteiger charge is 2.22. The summed E-state index contributed by atoms with van der Waals surface area (Å²) in [6, 6.07) is 6.49. The minimum absolute atomic E-state index is 0.206. The zero-order valence-corrected chi connectivity index (χ0v) is 9.43. The summed E-state index contributed by atoms with van der Waals surface area (Å²) in [6.45, 7) is 2.05. The Morgan fingerprint density at radius 1 is 1.25 bits per heavy atom. The molecule has 0 aliphatic carbocycles. The lowest BCUT2D eigenvalue weighted by Gasteiger charge is -2.24. The van der Waals surface area contributed by atoms with Crippen LogP contribution in [0.2, 0.25) is 0 Å². The Balaban J connectivity index is 1.88. The van der Waals surface area contributed by atoms with Gasteiger partial charge < -0.3 is 5.32 Å². The van der Waals surface area contributed by atoms with Crippen molar-refractivity contribution in [3.05, 3.63) is 40.5 Å². The molecule has 2 aromatic rings. The Morgan fingerprint density at radius 3 is 2.62 bits per heavy atom. The fraction of sp³-hybridized carbons (Fsp3) is 0.250. The van der Waals surface area contributed by atoms with E-state index in [4.69, 9.17) is 0 Å². The monoisotopic (exact) mass is 234 g/mol. The minimum Gasteiger partial charge on any atom is -0.315 e. The van der Waals surface area contributed by atoms with E-state index in [1.54, 1.807) is 23.5 Å². The van der Waals surface area contributed by atoms with E-state index in [0.29, 0.717) is 5.92 Å². The largest absolute Gasteiger partial charge is 0.315 e. The molecule has 0 saturated carbocycles. The molecule has 1 aliphatic rings. The molecule has 2 heterocycles. The summed E-state index contributed by atoms with van der Waals surface area (Å²) in [5, 5.41) is 6.45. The number of aromatic nitrogens is 1. The molecule has 0 amide bonds. The number of halogens is 1. The number of rotatable bonds is 2. The molecule has 0 atom stereocenters. The molecule has 1 N–H and O–H groups in total. The Labute approximate surface area is 97.2 Å². The van der Waals surface area contributed by atoms with Gasteiger partial charge in [0, 0.05) is 30.0 Å². The van der Waals surface area contributed by atoms with Crippen molar-refractivity contribution in [1.29, 1.82) is 0 Å². The standard InChI is InChI=1S/C12H11FN2S/c13-10-3-1-8(2-4-10)11-7-16-12(15-11)9-5-14-6-9/h1-4,7,9,14H,5-6H2. The van der Waals surface area contributed by atoms with E-state index in [1.807, 2.05) is 5.38 Å². The van der Waals surface area contributed by atoms with Gasteiger partial charge in [0.25, 0.3) is 0 Å². The highest BCUT2D eigenvalue weighted by Crippen LogP contribution is 2.28. The summed E-state index contributed by atoms with van der Waals surface area (Å²) in [6.07, 6.45) is 0. The second-order valence-corrected chi connectivity index (χ2v) is 4.82. The maximum absolute atomic E-state index is 12.8. The van der Waals surface area contributed by atoms with Gasteiger partial charge in [0.15, 0.2) is 0 Å². The Bertz CT molecular complexity index is 488. The second kappa shape index (κ2) is 3.96. The highest BCUT2D eigenvalue weighted by atomic mass is 32.1. The Kier molecular flexibility index (Phi) is 2.46. The molecule has 1 aromatic heterocycles. The first kappa shape index (κ1) is 9.93. The van der Waals surface area contributed by atoms with E-state index in [0.717, 1.165) is 24.3 Å². The van der Waals surface area contributed by atoms with Gasteiger partial charge in [-0.1, -0.05) is 0 Å². The van der Waals surface area contributed by atoms with Gasteiger partial charge in [-0.25, -0.2) is 9.37 Å². The summed E-state index contributed by atoms with van der Waals surface area (Å²) in [5.74, 6) is 0.363. The van der Waals surface area contributed by atoms with Crippen molar-refractivity contribution in [1.82, 2.24) is 10.3 Å². The number of nitrogens with zero attached hydrogens (tertiary/aromatic N) is 1. The molecule has 0 spiro atoms. The van der Waals surface area contributed by atoms with Crippen LogP contribution in [-0.2, 0) is 0 Å². The predicted octanol–water partition coefficient (Wildman–Crippen LogP) is 2.64. The molecular weight excluding hydrogens is 223 g/mol. The maximum atomic E-state index is 12.8. The first-order chi connectivity index (χ1) is 7.83. The molecule has 82 valence electrons. The van der Waals surface area contributed by atoms with Crippen molar-refractivity contribution in [3.63, 3.8) is 0 Å². The van der Waals surface area contributed by atoms with Gasteiger partial charge in [-0.2, -0.15) is 0 Å². The van der Waals surface area contributed by atoms with Crippen LogP contribution in [0.4, 0.5) is 4.39 Å². The average molecular weight is 234 g/mol. The highest BCUT2D eigenvalue weighted by molar-refractivity contribution is 7.10. The summed E-state index contributed by atoms with van der Waals surface area (Å²) < 4.78 is 12.8. The predicted molar refractivity (Wildman–Crippen MR) is 63.1 cm³/mol. The van der Waals surface area contributed by atoms with Crippen LogP contribution in [0.25, 0.3) is 11.3 Å². The molecule has 1 saturated heterocycles. The van der Waals surface area contributed by atoms with Crippen molar-refractivity contribution in [3.8, 4) is 11.3 Å². The Hall–Kier alpha value is -1.26. The third-order valence-electron chi connectivity index (χ3n) is 2.79. The van der Waals surface area contributed by atoms with Crippen LogP contribution in [0.1, 0.15) is 10.9 Å². The van der Waals surface area contributed by atoms with Gasteiger partial charge in [-0.15, -0.1) is 11.3 Å². The number of hydrogen-bond donors (Lipinski definition) is 1. The fourth-order valence-electron chi connectivity index (χ4n) is 1.69. The molecule has 4 heteroatoms. The number of hydrogen-bond acceptors (Lipinski definition) is 3. The molecule has 0 unspecified atom stereocenters. The average Bonchev–Trinajstić information content (AvgIpc) is 2.65. The van der Waals surface area contributed by atoms with E-state index in [1.165, 1.54) is 17.1 Å². The van der Waals surface area contributed by atoms with Gasteiger partial charge in [0.1, 0.15) is 5.82 Å². The van der Waals surface area contributed by atoms with Gasteiger partial charge in [0.05, 0.1) is 10.7 Å². The fourth-order valence-corrected chi connectivity index (χ4v) is 2.62. The normalized spacial score (nSPS) is 16.1. The molecule has 0 bridgehead atoms. The van der Waals surface area contributed by atoms with Crippen LogP contribution >= 0.6 is 11.3 Å². The molecule has 3 rings (SSSR count). The molecule has 1 fully saturated rings. The van der Waals surface area contributed by atoms with Gasteiger partial charge in [0.2, 0.25) is 0 Å². The topological polar surface area (TPSA) is 24.9 Å². The number of nitrogens with one attached hydrogen (secondary N) is 1. The first-order valence-corrected chi connectivity index (χ1v) is 6.13.